The van der Waals surface area contributed by atoms with E-state index in [1.54, 1.807) is 6.21 Å². The van der Waals surface area contributed by atoms with E-state index in [0.717, 1.165) is 21.5 Å². The van der Waals surface area contributed by atoms with Crippen LogP contribution in [0.15, 0.2) is 47.7 Å². The first-order chi connectivity index (χ1) is 12.6. The topological polar surface area (TPSA) is 54.7 Å². The predicted octanol–water partition coefficient (Wildman–Crippen LogP) is 2.57. The van der Waals surface area contributed by atoms with Crippen molar-refractivity contribution in [3.63, 3.8) is 0 Å². The molecule has 2 bridgehead atoms. The summed E-state index contributed by atoms with van der Waals surface area (Å²) in [6.07, 6.45) is 9.18. The number of hydrazone groups is 1. The lowest BCUT2D eigenvalue weighted by Crippen LogP contribution is -2.40. The second-order valence-electron chi connectivity index (χ2n) is 8.10. The Morgan fingerprint density at radius 3 is 2.38 bits per heavy atom. The van der Waals surface area contributed by atoms with Crippen LogP contribution in [-0.4, -0.2) is 27.6 Å². The minimum absolute atomic E-state index is 0.110. The summed E-state index contributed by atoms with van der Waals surface area (Å²) in [4.78, 5) is 25.9. The second-order valence-corrected chi connectivity index (χ2v) is 8.10. The maximum atomic E-state index is 12.9. The highest BCUT2D eigenvalue weighted by molar-refractivity contribution is 6.07. The Kier molecular flexibility index (Phi) is 2.63. The molecule has 1 aliphatic heterocycles. The molecule has 2 heterocycles. The van der Waals surface area contributed by atoms with Gasteiger partial charge in [0, 0.05) is 29.7 Å². The molecule has 2 amide bonds. The number of imide groups is 1. The summed E-state index contributed by atoms with van der Waals surface area (Å²) >= 11 is 0. The first-order valence-electron chi connectivity index (χ1n) is 9.29. The summed E-state index contributed by atoms with van der Waals surface area (Å²) in [5.41, 5.74) is 2.02. The highest BCUT2D eigenvalue weighted by atomic mass is 16.2. The number of aromatic nitrogens is 1. The number of allylic oxidation sites excluding steroid dienone is 2. The number of fused-ring (bicyclic) bond motifs is 1. The zero-order valence-corrected chi connectivity index (χ0v) is 14.4. The second kappa shape index (κ2) is 4.72. The van der Waals surface area contributed by atoms with Gasteiger partial charge in [0.2, 0.25) is 0 Å². The Hall–Kier alpha value is -2.69. The molecule has 1 saturated heterocycles. The van der Waals surface area contributed by atoms with Crippen molar-refractivity contribution in [2.75, 3.05) is 0 Å². The van der Waals surface area contributed by atoms with E-state index in [1.165, 1.54) is 6.42 Å². The Bertz CT molecular complexity index is 997. The molecule has 0 unspecified atom stereocenters. The van der Waals surface area contributed by atoms with E-state index in [0.29, 0.717) is 11.8 Å². The van der Waals surface area contributed by atoms with E-state index < -0.39 is 0 Å². The van der Waals surface area contributed by atoms with Gasteiger partial charge in [-0.15, -0.1) is 0 Å². The molecule has 0 spiro atoms. The molecule has 5 nitrogen and oxygen atoms in total. The van der Waals surface area contributed by atoms with Crippen LogP contribution >= 0.6 is 0 Å². The van der Waals surface area contributed by atoms with Gasteiger partial charge in [-0.2, -0.15) is 10.1 Å². The zero-order valence-electron chi connectivity index (χ0n) is 14.4. The number of rotatable bonds is 2. The molecule has 2 aromatic rings. The molecule has 3 fully saturated rings. The molecule has 5 aliphatic rings. The monoisotopic (exact) mass is 345 g/mol. The van der Waals surface area contributed by atoms with E-state index in [-0.39, 0.29) is 35.5 Å². The maximum absolute atomic E-state index is 12.9. The Labute approximate surface area is 151 Å². The molecule has 4 aliphatic carbocycles. The molecular weight excluding hydrogens is 326 g/mol. The minimum atomic E-state index is -0.189. The van der Waals surface area contributed by atoms with Crippen LogP contribution in [0, 0.1) is 35.5 Å². The van der Waals surface area contributed by atoms with Gasteiger partial charge in [-0.05, 0) is 36.2 Å². The quantitative estimate of drug-likeness (QED) is 0.477. The van der Waals surface area contributed by atoms with Gasteiger partial charge in [0.05, 0.1) is 18.1 Å². The average molecular weight is 345 g/mol. The van der Waals surface area contributed by atoms with Gasteiger partial charge in [-0.3, -0.25) is 9.59 Å². The smallest absolute Gasteiger partial charge is 0.254 e. The van der Waals surface area contributed by atoms with Crippen LogP contribution in [0.1, 0.15) is 12.0 Å². The average Bonchev–Trinajstić information content (AvgIpc) is 3.37. The molecular formula is C21H19N3O2. The Morgan fingerprint density at radius 1 is 1.04 bits per heavy atom. The van der Waals surface area contributed by atoms with E-state index in [4.69, 9.17) is 0 Å². The van der Waals surface area contributed by atoms with Gasteiger partial charge in [-0.1, -0.05) is 30.4 Å². The van der Waals surface area contributed by atoms with Gasteiger partial charge in [0.25, 0.3) is 11.8 Å². The first kappa shape index (κ1) is 14.5. The fourth-order valence-corrected chi connectivity index (χ4v) is 5.65. The summed E-state index contributed by atoms with van der Waals surface area (Å²) < 4.78 is 2.03. The number of hydrogen-bond acceptors (Lipinski definition) is 3. The minimum Gasteiger partial charge on any atom is -0.350 e. The van der Waals surface area contributed by atoms with Crippen LogP contribution in [0.5, 0.6) is 0 Å². The Balaban J connectivity index is 1.36. The van der Waals surface area contributed by atoms with Crippen molar-refractivity contribution >= 4 is 28.9 Å². The zero-order chi connectivity index (χ0) is 17.6. The normalized spacial score (nSPS) is 37.0. The molecule has 6 atom stereocenters. The lowest BCUT2D eigenvalue weighted by molar-refractivity contribution is -0.140. The van der Waals surface area contributed by atoms with Crippen LogP contribution in [0.25, 0.3) is 10.9 Å². The number of nitrogens with zero attached hydrogens (tertiary/aromatic N) is 3. The number of benzene rings is 1. The van der Waals surface area contributed by atoms with E-state index in [9.17, 15) is 9.59 Å². The molecule has 1 aromatic carbocycles. The molecule has 2 saturated carbocycles. The molecule has 5 heteroatoms. The third-order valence-electron chi connectivity index (χ3n) is 6.88. The molecule has 130 valence electrons. The summed E-state index contributed by atoms with van der Waals surface area (Å²) in [6.45, 7) is 0. The SMILES string of the molecule is Cn1cc(/C=N\N2C(=O)[C@@H]3[C@@H]4C=C[C@H]([C@@H]5C[C@H]45)[C@@H]3C2=O)c2ccccc21. The number of amides is 2. The molecule has 26 heavy (non-hydrogen) atoms. The van der Waals surface area contributed by atoms with E-state index in [1.807, 2.05) is 42.1 Å². The number of hydrogen-bond donors (Lipinski definition) is 0. The van der Waals surface area contributed by atoms with Crippen molar-refractivity contribution < 1.29 is 9.59 Å². The maximum Gasteiger partial charge on any atom is 0.254 e. The summed E-state index contributed by atoms with van der Waals surface area (Å²) in [6, 6.07) is 8.05. The van der Waals surface area contributed by atoms with E-state index in [2.05, 4.69) is 17.3 Å². The van der Waals surface area contributed by atoms with Crippen molar-refractivity contribution in [1.82, 2.24) is 9.58 Å². The summed E-state index contributed by atoms with van der Waals surface area (Å²) in [5, 5.41) is 6.56. The Morgan fingerprint density at radius 2 is 1.69 bits per heavy atom. The van der Waals surface area contributed by atoms with Crippen molar-refractivity contribution in [3.05, 3.63) is 48.2 Å². The molecule has 0 radical (unpaired) electrons. The van der Waals surface area contributed by atoms with Gasteiger partial charge in [0.1, 0.15) is 0 Å². The summed E-state index contributed by atoms with van der Waals surface area (Å²) in [5.74, 6) is 1.11. The van der Waals surface area contributed by atoms with Gasteiger partial charge in [-0.25, -0.2) is 0 Å². The van der Waals surface area contributed by atoms with Crippen LogP contribution in [0.3, 0.4) is 0 Å². The molecule has 7 rings (SSSR count). The van der Waals surface area contributed by atoms with Crippen LogP contribution < -0.4 is 0 Å². The number of carbonyl (C=O) groups excluding carboxylic acids is 2. The number of para-hydroxylation sites is 1. The van der Waals surface area contributed by atoms with Crippen LogP contribution in [0.4, 0.5) is 0 Å². The predicted molar refractivity (Wildman–Crippen MR) is 97.1 cm³/mol. The van der Waals surface area contributed by atoms with Gasteiger partial charge in [0.15, 0.2) is 0 Å². The molecule has 1 aromatic heterocycles. The highest BCUT2D eigenvalue weighted by Crippen LogP contribution is 2.65. The number of carbonyl (C=O) groups is 2. The third kappa shape index (κ3) is 1.68. The largest absolute Gasteiger partial charge is 0.350 e. The number of aryl methyl sites for hydroxylation is 1. The van der Waals surface area contributed by atoms with Gasteiger partial charge >= 0.3 is 0 Å². The molecule has 0 N–H and O–H groups in total. The van der Waals surface area contributed by atoms with Crippen molar-refractivity contribution in [3.8, 4) is 0 Å². The van der Waals surface area contributed by atoms with Crippen molar-refractivity contribution in [2.24, 2.45) is 47.7 Å². The fraction of sp³-hybridized carbons (Fsp3) is 0.381. The van der Waals surface area contributed by atoms with Crippen molar-refractivity contribution in [2.45, 2.75) is 6.42 Å². The van der Waals surface area contributed by atoms with Crippen LogP contribution in [0.2, 0.25) is 0 Å². The van der Waals surface area contributed by atoms with E-state index >= 15 is 0 Å². The first-order valence-corrected chi connectivity index (χ1v) is 9.29. The van der Waals surface area contributed by atoms with Gasteiger partial charge < -0.3 is 4.57 Å². The van der Waals surface area contributed by atoms with Crippen LogP contribution in [-0.2, 0) is 16.6 Å². The van der Waals surface area contributed by atoms with Crippen molar-refractivity contribution in [1.29, 1.82) is 0 Å². The standard InChI is InChI=1S/C21H19N3O2/c1-23-10-11(12-4-2-3-5-17(12)23)9-22-24-20(25)18-13-6-7-14(16-8-15(13)16)19(18)21(24)26/h2-7,9-10,13-16,18-19H,8H2,1H3/b22-9-/t13-,14-,15-,16+,18-,19+/m1/s1. The fourth-order valence-electron chi connectivity index (χ4n) is 5.65. The lowest BCUT2D eigenvalue weighted by atomic mass is 9.63. The third-order valence-corrected chi connectivity index (χ3v) is 6.88. The highest BCUT2D eigenvalue weighted by Gasteiger charge is 2.67. The lowest BCUT2D eigenvalue weighted by Gasteiger charge is -2.37. The summed E-state index contributed by atoms with van der Waals surface area (Å²) in [7, 11) is 1.98.